The number of hydrogen-bond donors (Lipinski definition) is 0. The van der Waals surface area contributed by atoms with E-state index in [2.05, 4.69) is 6.92 Å². The summed E-state index contributed by atoms with van der Waals surface area (Å²) in [6.45, 7) is 2.28. The molecule has 0 radical (unpaired) electrons. The van der Waals surface area contributed by atoms with Crippen molar-refractivity contribution in [3.8, 4) is 0 Å². The highest BCUT2D eigenvalue weighted by Gasteiger charge is 2.47. The Balaban J connectivity index is 1.46. The molecule has 3 heteroatoms. The van der Waals surface area contributed by atoms with E-state index in [0.29, 0.717) is 5.92 Å². The van der Waals surface area contributed by atoms with Gasteiger partial charge in [0.05, 0.1) is 6.10 Å². The molecule has 3 rings (SSSR count). The summed E-state index contributed by atoms with van der Waals surface area (Å²) in [5.74, 6) is 1.94. The molecule has 3 saturated carbocycles. The monoisotopic (exact) mass is 356 g/mol. The second kappa shape index (κ2) is 9.15. The lowest BCUT2D eigenvalue weighted by Gasteiger charge is -2.45. The van der Waals surface area contributed by atoms with Gasteiger partial charge in [-0.1, -0.05) is 51.9 Å². The van der Waals surface area contributed by atoms with Crippen LogP contribution in [-0.4, -0.2) is 25.6 Å². The maximum absolute atomic E-state index is 14.7. The minimum atomic E-state index is -1.26. The van der Waals surface area contributed by atoms with Crippen LogP contribution in [0.4, 0.5) is 8.78 Å². The Morgan fingerprint density at radius 1 is 0.800 bits per heavy atom. The summed E-state index contributed by atoms with van der Waals surface area (Å²) in [5, 5.41) is 0. The molecular formula is C22H38F2O. The standard InChI is InChI=1S/C22H38F2O/c1-3-4-15-5-7-16(8-6-15)9-10-18-13-17-11-12-19(25-2)14-20(17)22(24)21(18)23/h15-22H,3-14H2,1-2H3/t15?,16?,17?,18?,19?,20-,21?,22?/m0/s1. The number of methoxy groups -OCH3 is 1. The Kier molecular flexibility index (Phi) is 7.17. The fourth-order valence-electron chi connectivity index (χ4n) is 6.08. The van der Waals surface area contributed by atoms with E-state index >= 15 is 0 Å². The quantitative estimate of drug-likeness (QED) is 0.528. The zero-order chi connectivity index (χ0) is 17.8. The van der Waals surface area contributed by atoms with Gasteiger partial charge in [-0.05, 0) is 61.7 Å². The van der Waals surface area contributed by atoms with Crippen molar-refractivity contribution in [1.82, 2.24) is 0 Å². The van der Waals surface area contributed by atoms with Gasteiger partial charge in [-0.15, -0.1) is 0 Å². The highest BCUT2D eigenvalue weighted by atomic mass is 19.2. The molecule has 5 unspecified atom stereocenters. The van der Waals surface area contributed by atoms with E-state index < -0.39 is 12.3 Å². The molecule has 0 amide bonds. The Labute approximate surface area is 153 Å². The molecule has 0 aliphatic heterocycles. The van der Waals surface area contributed by atoms with Gasteiger partial charge in [0, 0.05) is 7.11 Å². The van der Waals surface area contributed by atoms with Crippen molar-refractivity contribution in [3.05, 3.63) is 0 Å². The first-order chi connectivity index (χ1) is 12.1. The van der Waals surface area contributed by atoms with E-state index in [1.54, 1.807) is 7.11 Å². The van der Waals surface area contributed by atoms with Gasteiger partial charge in [0.15, 0.2) is 0 Å². The Morgan fingerprint density at radius 3 is 2.12 bits per heavy atom. The molecule has 6 atom stereocenters. The van der Waals surface area contributed by atoms with Crippen molar-refractivity contribution in [3.63, 3.8) is 0 Å². The molecule has 1 nitrogen and oxygen atoms in total. The summed E-state index contributed by atoms with van der Waals surface area (Å²) in [6, 6.07) is 0. The maximum atomic E-state index is 14.7. The van der Waals surface area contributed by atoms with Crippen LogP contribution in [0.25, 0.3) is 0 Å². The molecule has 3 aliphatic carbocycles. The van der Waals surface area contributed by atoms with E-state index in [1.807, 2.05) is 0 Å². The molecule has 146 valence electrons. The summed E-state index contributed by atoms with van der Waals surface area (Å²) >= 11 is 0. The Hall–Kier alpha value is -0.180. The van der Waals surface area contributed by atoms with Crippen molar-refractivity contribution >= 4 is 0 Å². The average Bonchev–Trinajstić information content (AvgIpc) is 2.64. The average molecular weight is 357 g/mol. The van der Waals surface area contributed by atoms with Crippen LogP contribution in [-0.2, 0) is 4.74 Å². The van der Waals surface area contributed by atoms with E-state index in [9.17, 15) is 8.78 Å². The largest absolute Gasteiger partial charge is 0.381 e. The van der Waals surface area contributed by atoms with Crippen LogP contribution in [0.15, 0.2) is 0 Å². The number of hydrogen-bond acceptors (Lipinski definition) is 1. The van der Waals surface area contributed by atoms with Gasteiger partial charge in [0.1, 0.15) is 12.3 Å². The van der Waals surface area contributed by atoms with Crippen LogP contribution in [0.1, 0.15) is 84.0 Å². The molecule has 3 fully saturated rings. The minimum absolute atomic E-state index is 0.0382. The summed E-state index contributed by atoms with van der Waals surface area (Å²) in [5.41, 5.74) is 0. The van der Waals surface area contributed by atoms with Crippen molar-refractivity contribution in [1.29, 1.82) is 0 Å². The van der Waals surface area contributed by atoms with E-state index in [1.165, 1.54) is 38.5 Å². The molecule has 0 N–H and O–H groups in total. The second-order valence-corrected chi connectivity index (χ2v) is 9.23. The van der Waals surface area contributed by atoms with E-state index in [4.69, 9.17) is 4.74 Å². The van der Waals surface area contributed by atoms with Crippen LogP contribution < -0.4 is 0 Å². The molecule has 0 saturated heterocycles. The maximum Gasteiger partial charge on any atom is 0.135 e. The number of rotatable bonds is 6. The van der Waals surface area contributed by atoms with Gasteiger partial charge in [-0.2, -0.15) is 0 Å². The third-order valence-corrected chi connectivity index (χ3v) is 7.71. The van der Waals surface area contributed by atoms with Crippen molar-refractivity contribution in [2.24, 2.45) is 29.6 Å². The predicted octanol–water partition coefficient (Wildman–Crippen LogP) is 6.50. The number of halogens is 2. The molecule has 25 heavy (non-hydrogen) atoms. The topological polar surface area (TPSA) is 9.23 Å². The SMILES string of the molecule is CCCC1CCC(CCC2CC3CCC(OC)C[C@@H]3C(F)C2F)CC1. The third-order valence-electron chi connectivity index (χ3n) is 7.71. The highest BCUT2D eigenvalue weighted by Crippen LogP contribution is 2.47. The normalized spacial score (nSPS) is 45.1. The number of fused-ring (bicyclic) bond motifs is 1. The Morgan fingerprint density at radius 2 is 1.48 bits per heavy atom. The first-order valence-electron chi connectivity index (χ1n) is 10.9. The van der Waals surface area contributed by atoms with Gasteiger partial charge in [-0.3, -0.25) is 0 Å². The predicted molar refractivity (Wildman–Crippen MR) is 99.1 cm³/mol. The molecule has 0 aromatic carbocycles. The minimum Gasteiger partial charge on any atom is -0.381 e. The molecular weight excluding hydrogens is 318 g/mol. The molecule has 0 aromatic heterocycles. The van der Waals surface area contributed by atoms with Crippen LogP contribution in [0.5, 0.6) is 0 Å². The lowest BCUT2D eigenvalue weighted by Crippen LogP contribution is -2.47. The first-order valence-corrected chi connectivity index (χ1v) is 10.9. The lowest BCUT2D eigenvalue weighted by atomic mass is 9.64. The Bertz CT molecular complexity index is 391. The molecule has 3 aliphatic rings. The van der Waals surface area contributed by atoms with E-state index in [-0.39, 0.29) is 17.9 Å². The summed E-state index contributed by atoms with van der Waals surface area (Å²) in [6.07, 6.45) is 11.4. The fraction of sp³-hybridized carbons (Fsp3) is 1.00. The molecule has 0 bridgehead atoms. The van der Waals surface area contributed by atoms with Crippen molar-refractivity contribution in [2.45, 2.75) is 102 Å². The van der Waals surface area contributed by atoms with Gasteiger partial charge >= 0.3 is 0 Å². The van der Waals surface area contributed by atoms with Gasteiger partial charge in [-0.25, -0.2) is 8.78 Å². The first kappa shape index (κ1) is 19.6. The number of alkyl halides is 2. The smallest absolute Gasteiger partial charge is 0.135 e. The van der Waals surface area contributed by atoms with E-state index in [0.717, 1.165) is 50.4 Å². The van der Waals surface area contributed by atoms with Crippen LogP contribution in [0, 0.1) is 29.6 Å². The van der Waals surface area contributed by atoms with Gasteiger partial charge < -0.3 is 4.74 Å². The zero-order valence-corrected chi connectivity index (χ0v) is 16.3. The zero-order valence-electron chi connectivity index (χ0n) is 16.3. The van der Waals surface area contributed by atoms with Crippen molar-refractivity contribution in [2.75, 3.05) is 7.11 Å². The van der Waals surface area contributed by atoms with Crippen molar-refractivity contribution < 1.29 is 13.5 Å². The number of ether oxygens (including phenoxy) is 1. The lowest BCUT2D eigenvalue weighted by molar-refractivity contribution is -0.0690. The summed E-state index contributed by atoms with van der Waals surface area (Å²) in [4.78, 5) is 0. The summed E-state index contributed by atoms with van der Waals surface area (Å²) < 4.78 is 34.9. The van der Waals surface area contributed by atoms with Crippen LogP contribution in [0.3, 0.4) is 0 Å². The highest BCUT2D eigenvalue weighted by molar-refractivity contribution is 4.96. The van der Waals surface area contributed by atoms with Crippen LogP contribution >= 0.6 is 0 Å². The van der Waals surface area contributed by atoms with Gasteiger partial charge in [0.2, 0.25) is 0 Å². The van der Waals surface area contributed by atoms with Gasteiger partial charge in [0.25, 0.3) is 0 Å². The molecule has 0 spiro atoms. The molecule has 0 aromatic rings. The van der Waals surface area contributed by atoms with Crippen LogP contribution in [0.2, 0.25) is 0 Å². The third kappa shape index (κ3) is 4.76. The second-order valence-electron chi connectivity index (χ2n) is 9.23. The fourth-order valence-corrected chi connectivity index (χ4v) is 6.08. The summed E-state index contributed by atoms with van der Waals surface area (Å²) in [7, 11) is 1.70. The molecule has 0 heterocycles.